The molecule has 7 heteroatoms. The normalized spacial score (nSPS) is 25.8. The summed E-state index contributed by atoms with van der Waals surface area (Å²) in [5.41, 5.74) is 1.39. The lowest BCUT2D eigenvalue weighted by molar-refractivity contribution is 0.182. The van der Waals surface area contributed by atoms with E-state index in [2.05, 4.69) is 50.0 Å². The SMILES string of the molecule is Cc1ccsc1CN1CCc2nnc([C@@H]3C[C@@H](O)CN3C)n2CC1. The average Bonchev–Trinajstić information content (AvgIpc) is 3.18. The van der Waals surface area contributed by atoms with Crippen LogP contribution >= 0.6 is 11.3 Å². The molecule has 130 valence electrons. The Hall–Kier alpha value is -1.28. The van der Waals surface area contributed by atoms with Gasteiger partial charge in [-0.05, 0) is 37.4 Å². The van der Waals surface area contributed by atoms with Gasteiger partial charge in [0.25, 0.3) is 0 Å². The van der Waals surface area contributed by atoms with E-state index in [0.717, 1.165) is 57.2 Å². The highest BCUT2D eigenvalue weighted by molar-refractivity contribution is 7.10. The zero-order valence-corrected chi connectivity index (χ0v) is 15.2. The quantitative estimate of drug-likeness (QED) is 0.911. The molecule has 6 nitrogen and oxygen atoms in total. The van der Waals surface area contributed by atoms with E-state index >= 15 is 0 Å². The first-order valence-electron chi connectivity index (χ1n) is 8.67. The summed E-state index contributed by atoms with van der Waals surface area (Å²) in [4.78, 5) is 6.18. The molecular weight excluding hydrogens is 322 g/mol. The standard InChI is InChI=1S/C17H25N5OS/c1-12-4-8-24-15(12)11-21-5-3-16-18-19-17(22(16)7-6-21)14-9-13(23)10-20(14)2/h4,8,13-14,23H,3,5-7,9-11H2,1-2H3/t13-,14+/m1/s1. The molecule has 0 saturated carbocycles. The van der Waals surface area contributed by atoms with Gasteiger partial charge in [0.1, 0.15) is 5.82 Å². The maximum absolute atomic E-state index is 9.93. The molecule has 0 spiro atoms. The summed E-state index contributed by atoms with van der Waals surface area (Å²) in [6, 6.07) is 2.39. The second kappa shape index (κ2) is 6.55. The lowest BCUT2D eigenvalue weighted by Gasteiger charge is -2.21. The lowest BCUT2D eigenvalue weighted by atomic mass is 10.2. The molecule has 4 heterocycles. The number of likely N-dealkylation sites (N-methyl/N-ethyl adjacent to an activating group) is 1. The number of nitrogens with zero attached hydrogens (tertiary/aromatic N) is 5. The number of hydrogen-bond acceptors (Lipinski definition) is 6. The third-order valence-corrected chi connectivity index (χ3v) is 6.31. The second-order valence-electron chi connectivity index (χ2n) is 7.02. The van der Waals surface area contributed by atoms with Crippen molar-refractivity contribution in [2.45, 2.75) is 45.0 Å². The molecule has 1 saturated heterocycles. The summed E-state index contributed by atoms with van der Waals surface area (Å²) in [5, 5.41) is 21.0. The number of aliphatic hydroxyl groups is 1. The van der Waals surface area contributed by atoms with E-state index in [0.29, 0.717) is 0 Å². The van der Waals surface area contributed by atoms with Gasteiger partial charge in [0.15, 0.2) is 5.82 Å². The van der Waals surface area contributed by atoms with Crippen molar-refractivity contribution in [3.8, 4) is 0 Å². The number of rotatable bonds is 3. The Kier molecular flexibility index (Phi) is 4.42. The molecule has 4 rings (SSSR count). The van der Waals surface area contributed by atoms with Gasteiger partial charge in [-0.25, -0.2) is 0 Å². The van der Waals surface area contributed by atoms with Gasteiger partial charge in [0, 0.05) is 44.0 Å². The number of aryl methyl sites for hydroxylation is 1. The van der Waals surface area contributed by atoms with Crippen LogP contribution in [-0.2, 0) is 19.5 Å². The van der Waals surface area contributed by atoms with Gasteiger partial charge in [-0.3, -0.25) is 9.80 Å². The van der Waals surface area contributed by atoms with Gasteiger partial charge >= 0.3 is 0 Å². The highest BCUT2D eigenvalue weighted by Crippen LogP contribution is 2.30. The van der Waals surface area contributed by atoms with Crippen molar-refractivity contribution >= 4 is 11.3 Å². The number of fused-ring (bicyclic) bond motifs is 1. The van der Waals surface area contributed by atoms with Gasteiger partial charge < -0.3 is 9.67 Å². The molecule has 24 heavy (non-hydrogen) atoms. The lowest BCUT2D eigenvalue weighted by Crippen LogP contribution is -2.27. The van der Waals surface area contributed by atoms with Gasteiger partial charge in [0.2, 0.25) is 0 Å². The fourth-order valence-electron chi connectivity index (χ4n) is 3.84. The van der Waals surface area contributed by atoms with Crippen LogP contribution in [-0.4, -0.2) is 62.5 Å². The van der Waals surface area contributed by atoms with Crippen LogP contribution in [0.3, 0.4) is 0 Å². The summed E-state index contributed by atoms with van der Waals surface area (Å²) in [7, 11) is 2.06. The maximum Gasteiger partial charge on any atom is 0.150 e. The third-order valence-electron chi connectivity index (χ3n) is 5.31. The van der Waals surface area contributed by atoms with Crippen molar-refractivity contribution in [1.29, 1.82) is 0 Å². The Labute approximate surface area is 146 Å². The Morgan fingerprint density at radius 3 is 2.88 bits per heavy atom. The maximum atomic E-state index is 9.93. The van der Waals surface area contributed by atoms with Crippen LogP contribution in [0.1, 0.15) is 34.6 Å². The highest BCUT2D eigenvalue weighted by atomic mass is 32.1. The van der Waals surface area contributed by atoms with Crippen molar-refractivity contribution in [2.75, 3.05) is 26.7 Å². The molecule has 2 aromatic heterocycles. The van der Waals surface area contributed by atoms with Gasteiger partial charge in [-0.2, -0.15) is 0 Å². The molecule has 1 fully saturated rings. The van der Waals surface area contributed by atoms with Crippen molar-refractivity contribution in [3.05, 3.63) is 33.5 Å². The van der Waals surface area contributed by atoms with Crippen molar-refractivity contribution < 1.29 is 5.11 Å². The minimum Gasteiger partial charge on any atom is -0.392 e. The van der Waals surface area contributed by atoms with Crippen LogP contribution in [0.5, 0.6) is 0 Å². The molecule has 0 bridgehead atoms. The van der Waals surface area contributed by atoms with Crippen LogP contribution in [0, 0.1) is 6.92 Å². The van der Waals surface area contributed by atoms with Gasteiger partial charge in [-0.1, -0.05) is 0 Å². The van der Waals surface area contributed by atoms with E-state index in [1.807, 2.05) is 11.3 Å². The van der Waals surface area contributed by atoms with E-state index < -0.39 is 0 Å². The van der Waals surface area contributed by atoms with Crippen molar-refractivity contribution in [2.24, 2.45) is 0 Å². The first-order valence-corrected chi connectivity index (χ1v) is 9.55. The predicted molar refractivity (Wildman–Crippen MR) is 94.1 cm³/mol. The summed E-state index contributed by atoms with van der Waals surface area (Å²) in [6.45, 7) is 6.92. The number of β-amino-alcohol motifs (C(OH)–C–C–N with tert-alkyl or cyclic N) is 1. The van der Waals surface area contributed by atoms with E-state index in [-0.39, 0.29) is 12.1 Å². The van der Waals surface area contributed by atoms with E-state index in [9.17, 15) is 5.11 Å². The van der Waals surface area contributed by atoms with E-state index in [1.54, 1.807) is 0 Å². The highest BCUT2D eigenvalue weighted by Gasteiger charge is 2.34. The van der Waals surface area contributed by atoms with Crippen molar-refractivity contribution in [3.63, 3.8) is 0 Å². The largest absolute Gasteiger partial charge is 0.392 e. The number of aliphatic hydroxyl groups excluding tert-OH is 1. The minimum absolute atomic E-state index is 0.187. The fraction of sp³-hybridized carbons (Fsp3) is 0.647. The molecule has 1 N–H and O–H groups in total. The number of likely N-dealkylation sites (tertiary alicyclic amines) is 1. The fourth-order valence-corrected chi connectivity index (χ4v) is 4.78. The Balaban J connectivity index is 1.49. The molecule has 2 aromatic rings. The summed E-state index contributed by atoms with van der Waals surface area (Å²) >= 11 is 1.85. The molecule has 0 aromatic carbocycles. The number of hydrogen-bond donors (Lipinski definition) is 1. The Morgan fingerprint density at radius 1 is 1.29 bits per heavy atom. The van der Waals surface area contributed by atoms with Crippen LogP contribution in [0.4, 0.5) is 0 Å². The van der Waals surface area contributed by atoms with Gasteiger partial charge in [0.05, 0.1) is 12.1 Å². The molecule has 0 aliphatic carbocycles. The van der Waals surface area contributed by atoms with E-state index in [4.69, 9.17) is 0 Å². The molecule has 2 aliphatic rings. The Morgan fingerprint density at radius 2 is 2.17 bits per heavy atom. The minimum atomic E-state index is -0.253. The second-order valence-corrected chi connectivity index (χ2v) is 8.02. The van der Waals surface area contributed by atoms with Crippen LogP contribution in [0.25, 0.3) is 0 Å². The topological polar surface area (TPSA) is 57.4 Å². The zero-order chi connectivity index (χ0) is 16.7. The number of thiophene rings is 1. The van der Waals surface area contributed by atoms with Crippen molar-refractivity contribution in [1.82, 2.24) is 24.6 Å². The zero-order valence-electron chi connectivity index (χ0n) is 14.4. The molecule has 0 amide bonds. The average molecular weight is 347 g/mol. The molecule has 0 unspecified atom stereocenters. The predicted octanol–water partition coefficient (Wildman–Crippen LogP) is 1.44. The summed E-state index contributed by atoms with van der Waals surface area (Å²) in [5.74, 6) is 2.11. The number of aromatic nitrogens is 3. The van der Waals surface area contributed by atoms with E-state index in [1.165, 1.54) is 10.4 Å². The monoisotopic (exact) mass is 347 g/mol. The Bertz CT molecular complexity index is 712. The summed E-state index contributed by atoms with van der Waals surface area (Å²) in [6.07, 6.45) is 1.44. The first-order chi connectivity index (χ1) is 11.6. The molecular formula is C17H25N5OS. The molecule has 0 radical (unpaired) electrons. The van der Waals surface area contributed by atoms with Crippen LogP contribution in [0.2, 0.25) is 0 Å². The third kappa shape index (κ3) is 3.01. The van der Waals surface area contributed by atoms with Crippen LogP contribution < -0.4 is 0 Å². The first kappa shape index (κ1) is 16.2. The van der Waals surface area contributed by atoms with Gasteiger partial charge in [-0.15, -0.1) is 21.5 Å². The smallest absolute Gasteiger partial charge is 0.150 e. The summed E-state index contributed by atoms with van der Waals surface area (Å²) < 4.78 is 2.29. The molecule has 2 atom stereocenters. The molecule has 2 aliphatic heterocycles. The van der Waals surface area contributed by atoms with Crippen LogP contribution in [0.15, 0.2) is 11.4 Å².